The lowest BCUT2D eigenvalue weighted by Gasteiger charge is -2.51. The van der Waals surface area contributed by atoms with Gasteiger partial charge >= 0.3 is 0 Å². The van der Waals surface area contributed by atoms with Gasteiger partial charge in [0.2, 0.25) is 0 Å². The van der Waals surface area contributed by atoms with Gasteiger partial charge in [-0.15, -0.1) is 0 Å². The number of rotatable bonds is 1. The van der Waals surface area contributed by atoms with Gasteiger partial charge in [0, 0.05) is 24.6 Å². The van der Waals surface area contributed by atoms with Crippen molar-refractivity contribution in [2.24, 2.45) is 11.7 Å². The van der Waals surface area contributed by atoms with Gasteiger partial charge in [-0.25, -0.2) is 0 Å². The average molecular weight is 196 g/mol. The summed E-state index contributed by atoms with van der Waals surface area (Å²) in [6.45, 7) is 4.48. The Labute approximate surface area is 85.6 Å². The molecule has 3 heteroatoms. The Morgan fingerprint density at radius 1 is 1.36 bits per heavy atom. The Kier molecular flexibility index (Phi) is 2.08. The third kappa shape index (κ3) is 1.09. The van der Waals surface area contributed by atoms with Crippen molar-refractivity contribution >= 4 is 0 Å². The van der Waals surface area contributed by atoms with E-state index in [2.05, 4.69) is 11.8 Å². The van der Waals surface area contributed by atoms with Crippen molar-refractivity contribution in [1.29, 1.82) is 0 Å². The molecule has 0 radical (unpaired) electrons. The third-order valence-electron chi connectivity index (χ3n) is 4.40. The van der Waals surface area contributed by atoms with Crippen LogP contribution in [0.1, 0.15) is 26.2 Å². The monoisotopic (exact) mass is 196 g/mol. The minimum atomic E-state index is 0.378. The van der Waals surface area contributed by atoms with Gasteiger partial charge in [-0.05, 0) is 32.7 Å². The summed E-state index contributed by atoms with van der Waals surface area (Å²) in [5.41, 5.74) is 6.23. The Balaban J connectivity index is 1.73. The largest absolute Gasteiger partial charge is 0.376 e. The summed E-state index contributed by atoms with van der Waals surface area (Å²) in [5.74, 6) is 0.660. The van der Waals surface area contributed by atoms with Crippen LogP contribution in [0.4, 0.5) is 0 Å². The van der Waals surface area contributed by atoms with E-state index in [-0.39, 0.29) is 0 Å². The second kappa shape index (κ2) is 3.19. The molecule has 2 heterocycles. The molecule has 2 aliphatic heterocycles. The van der Waals surface area contributed by atoms with Crippen LogP contribution in [0.3, 0.4) is 0 Å². The fraction of sp³-hybridized carbons (Fsp3) is 1.00. The molecule has 1 aliphatic carbocycles. The highest BCUT2D eigenvalue weighted by molar-refractivity contribution is 5.10. The first-order chi connectivity index (χ1) is 6.79. The van der Waals surface area contributed by atoms with E-state index in [1.54, 1.807) is 0 Å². The molecule has 0 aromatic heterocycles. The maximum atomic E-state index is 6.23. The molecule has 3 nitrogen and oxygen atoms in total. The number of nitrogens with two attached hydrogens (primary N) is 1. The molecule has 3 aliphatic rings. The van der Waals surface area contributed by atoms with Crippen LogP contribution in [-0.2, 0) is 4.74 Å². The predicted molar refractivity (Wildman–Crippen MR) is 55.0 cm³/mol. The normalized spacial score (nSPS) is 53.1. The van der Waals surface area contributed by atoms with Crippen molar-refractivity contribution in [3.05, 3.63) is 0 Å². The summed E-state index contributed by atoms with van der Waals surface area (Å²) >= 11 is 0. The van der Waals surface area contributed by atoms with E-state index in [4.69, 9.17) is 10.5 Å². The van der Waals surface area contributed by atoms with Crippen LogP contribution >= 0.6 is 0 Å². The minimum absolute atomic E-state index is 0.378. The smallest absolute Gasteiger partial charge is 0.0789 e. The Hall–Kier alpha value is -0.120. The molecule has 2 saturated heterocycles. The summed E-state index contributed by atoms with van der Waals surface area (Å²) in [7, 11) is 0. The van der Waals surface area contributed by atoms with E-state index >= 15 is 0 Å². The summed E-state index contributed by atoms with van der Waals surface area (Å²) < 4.78 is 5.77. The number of hydrogen-bond donors (Lipinski definition) is 1. The van der Waals surface area contributed by atoms with Crippen LogP contribution in [0, 0.1) is 5.92 Å². The van der Waals surface area contributed by atoms with Crippen molar-refractivity contribution in [1.82, 2.24) is 4.90 Å². The van der Waals surface area contributed by atoms with E-state index in [9.17, 15) is 0 Å². The van der Waals surface area contributed by atoms with Crippen molar-refractivity contribution < 1.29 is 4.74 Å². The van der Waals surface area contributed by atoms with Gasteiger partial charge in [0.15, 0.2) is 0 Å². The first kappa shape index (κ1) is 9.13. The molecular formula is C11H20N2O. The molecule has 5 atom stereocenters. The molecular weight excluding hydrogens is 176 g/mol. The van der Waals surface area contributed by atoms with Gasteiger partial charge in [0.25, 0.3) is 0 Å². The summed E-state index contributed by atoms with van der Waals surface area (Å²) in [4.78, 5) is 2.58. The zero-order valence-corrected chi connectivity index (χ0v) is 8.86. The van der Waals surface area contributed by atoms with Gasteiger partial charge in [-0.2, -0.15) is 0 Å². The summed E-state index contributed by atoms with van der Waals surface area (Å²) in [5, 5.41) is 0. The molecule has 80 valence electrons. The van der Waals surface area contributed by atoms with Crippen molar-refractivity contribution in [3.63, 3.8) is 0 Å². The van der Waals surface area contributed by atoms with Crippen LogP contribution in [0.5, 0.6) is 0 Å². The number of fused-ring (bicyclic) bond motifs is 1. The highest BCUT2D eigenvalue weighted by Crippen LogP contribution is 2.42. The first-order valence-corrected chi connectivity index (χ1v) is 5.92. The van der Waals surface area contributed by atoms with Crippen molar-refractivity contribution in [2.75, 3.05) is 13.2 Å². The molecule has 0 bridgehead atoms. The van der Waals surface area contributed by atoms with Gasteiger partial charge in [-0.1, -0.05) is 0 Å². The maximum absolute atomic E-state index is 6.23. The second-order valence-corrected chi connectivity index (χ2v) is 5.08. The van der Waals surface area contributed by atoms with Crippen LogP contribution in [0.25, 0.3) is 0 Å². The SMILES string of the molecule is CC1CCCN1C1C(N)C2CCOC21. The topological polar surface area (TPSA) is 38.5 Å². The summed E-state index contributed by atoms with van der Waals surface area (Å²) in [6, 6.07) is 1.62. The standard InChI is InChI=1S/C11H20N2O/c1-7-3-2-5-13(7)10-9(12)8-4-6-14-11(8)10/h7-11H,2-6,12H2,1H3. The van der Waals surface area contributed by atoms with E-state index in [0.29, 0.717) is 24.1 Å². The molecule has 3 rings (SSSR count). The molecule has 0 aromatic carbocycles. The zero-order chi connectivity index (χ0) is 9.71. The minimum Gasteiger partial charge on any atom is -0.376 e. The zero-order valence-electron chi connectivity index (χ0n) is 8.86. The Morgan fingerprint density at radius 3 is 2.93 bits per heavy atom. The number of hydrogen-bond acceptors (Lipinski definition) is 3. The number of ether oxygens (including phenoxy) is 1. The Morgan fingerprint density at radius 2 is 2.21 bits per heavy atom. The molecule has 0 amide bonds. The lowest BCUT2D eigenvalue weighted by Crippen LogP contribution is -2.69. The quantitative estimate of drug-likeness (QED) is 0.667. The lowest BCUT2D eigenvalue weighted by molar-refractivity contribution is -0.0760. The van der Waals surface area contributed by atoms with Crippen LogP contribution in [0.2, 0.25) is 0 Å². The van der Waals surface area contributed by atoms with Gasteiger partial charge in [0.1, 0.15) is 0 Å². The van der Waals surface area contributed by atoms with E-state index in [1.165, 1.54) is 25.8 Å². The highest BCUT2D eigenvalue weighted by atomic mass is 16.5. The Bertz CT molecular complexity index is 233. The third-order valence-corrected chi connectivity index (χ3v) is 4.40. The van der Waals surface area contributed by atoms with Gasteiger partial charge in [-0.3, -0.25) is 4.90 Å². The van der Waals surface area contributed by atoms with Gasteiger partial charge in [0.05, 0.1) is 12.1 Å². The van der Waals surface area contributed by atoms with Gasteiger partial charge < -0.3 is 10.5 Å². The average Bonchev–Trinajstić information content (AvgIpc) is 2.75. The van der Waals surface area contributed by atoms with Crippen LogP contribution in [-0.4, -0.2) is 42.3 Å². The predicted octanol–water partition coefficient (Wildman–Crippen LogP) is 0.585. The highest BCUT2D eigenvalue weighted by Gasteiger charge is 2.55. The van der Waals surface area contributed by atoms with E-state index in [1.807, 2.05) is 0 Å². The molecule has 0 aromatic rings. The van der Waals surface area contributed by atoms with Crippen molar-refractivity contribution in [2.45, 2.75) is 50.4 Å². The van der Waals surface area contributed by atoms with Crippen molar-refractivity contribution in [3.8, 4) is 0 Å². The molecule has 1 saturated carbocycles. The van der Waals surface area contributed by atoms with E-state index < -0.39 is 0 Å². The fourth-order valence-electron chi connectivity index (χ4n) is 3.53. The number of nitrogens with zero attached hydrogens (tertiary/aromatic N) is 1. The molecule has 5 unspecified atom stereocenters. The van der Waals surface area contributed by atoms with Crippen LogP contribution < -0.4 is 5.73 Å². The molecule has 3 fully saturated rings. The van der Waals surface area contributed by atoms with E-state index in [0.717, 1.165) is 12.6 Å². The van der Waals surface area contributed by atoms with Crippen LogP contribution in [0.15, 0.2) is 0 Å². The molecule has 2 N–H and O–H groups in total. The number of likely N-dealkylation sites (tertiary alicyclic amines) is 1. The molecule has 14 heavy (non-hydrogen) atoms. The lowest BCUT2D eigenvalue weighted by atomic mass is 9.71. The second-order valence-electron chi connectivity index (χ2n) is 5.08. The fourth-order valence-corrected chi connectivity index (χ4v) is 3.53. The first-order valence-electron chi connectivity index (χ1n) is 5.92. The molecule has 0 spiro atoms. The summed E-state index contributed by atoms with van der Waals surface area (Å²) in [6.07, 6.45) is 4.32. The maximum Gasteiger partial charge on any atom is 0.0789 e.